The average molecular weight is 171 g/mol. The average Bonchev–Trinajstić information content (AvgIpc) is 2.58. The molecule has 0 fully saturated rings. The molecule has 1 heterocycles. The van der Waals surface area contributed by atoms with Crippen molar-refractivity contribution in [1.82, 2.24) is 5.32 Å². The first-order chi connectivity index (χ1) is 6.27. The summed E-state index contributed by atoms with van der Waals surface area (Å²) >= 11 is 0. The number of hydrogen-bond donors (Lipinski definition) is 2. The van der Waals surface area contributed by atoms with Crippen LogP contribution in [0.5, 0.6) is 0 Å². The molecule has 3 nitrogen and oxygen atoms in total. The third-order valence-corrected chi connectivity index (χ3v) is 3.05. The predicted octanol–water partition coefficient (Wildman–Crippen LogP) is 0.836. The van der Waals surface area contributed by atoms with Gasteiger partial charge in [0.2, 0.25) is 0 Å². The summed E-state index contributed by atoms with van der Waals surface area (Å²) in [7, 11) is 0. The molecule has 0 saturated carbocycles. The lowest BCUT2D eigenvalue weighted by atomic mass is 10.0. The minimum absolute atomic E-state index is 0.0388. The topological polar surface area (TPSA) is 49.3 Å². The molecule has 0 unspecified atom stereocenters. The SMILES string of the molecule is O=C1NC(O)=C2C3=C4C=C4C(=C12)C3. The number of carbonyl (C=O) groups is 1. The highest BCUT2D eigenvalue weighted by Crippen LogP contribution is 2.59. The van der Waals surface area contributed by atoms with Gasteiger partial charge in [-0.1, -0.05) is 0 Å². The molecular formula is C10H5NO2. The Labute approximate surface area is 73.7 Å². The summed E-state index contributed by atoms with van der Waals surface area (Å²) in [6.07, 6.45) is 2.93. The van der Waals surface area contributed by atoms with Gasteiger partial charge in [-0.05, 0) is 28.4 Å². The van der Waals surface area contributed by atoms with Gasteiger partial charge in [0.1, 0.15) is 0 Å². The first-order valence-corrected chi connectivity index (χ1v) is 4.21. The molecule has 1 amide bonds. The van der Waals surface area contributed by atoms with E-state index in [4.69, 9.17) is 0 Å². The molecule has 3 heteroatoms. The van der Waals surface area contributed by atoms with Crippen LogP contribution in [0.3, 0.4) is 0 Å². The van der Waals surface area contributed by atoms with E-state index in [2.05, 4.69) is 11.4 Å². The maximum atomic E-state index is 11.4. The van der Waals surface area contributed by atoms with Gasteiger partial charge in [0.25, 0.3) is 5.91 Å². The Balaban J connectivity index is 2.14. The Morgan fingerprint density at radius 1 is 1.31 bits per heavy atom. The van der Waals surface area contributed by atoms with Crippen molar-refractivity contribution in [2.45, 2.75) is 6.42 Å². The Kier molecular flexibility index (Phi) is 0.611. The van der Waals surface area contributed by atoms with Crippen molar-refractivity contribution in [1.29, 1.82) is 0 Å². The quantitative estimate of drug-likeness (QED) is 0.567. The highest BCUT2D eigenvalue weighted by atomic mass is 16.3. The van der Waals surface area contributed by atoms with Gasteiger partial charge in [0, 0.05) is 6.42 Å². The van der Waals surface area contributed by atoms with Gasteiger partial charge in [-0.2, -0.15) is 0 Å². The van der Waals surface area contributed by atoms with Crippen molar-refractivity contribution in [3.05, 3.63) is 45.4 Å². The lowest BCUT2D eigenvalue weighted by Gasteiger charge is -1.98. The maximum absolute atomic E-state index is 11.4. The van der Waals surface area contributed by atoms with Gasteiger partial charge in [0.05, 0.1) is 11.1 Å². The molecule has 4 aliphatic rings. The Morgan fingerprint density at radius 2 is 2.15 bits per heavy atom. The van der Waals surface area contributed by atoms with Crippen LogP contribution in [0.25, 0.3) is 0 Å². The lowest BCUT2D eigenvalue weighted by Crippen LogP contribution is -2.16. The van der Waals surface area contributed by atoms with Crippen LogP contribution in [0.2, 0.25) is 0 Å². The molecule has 13 heavy (non-hydrogen) atoms. The molecule has 62 valence electrons. The van der Waals surface area contributed by atoms with Crippen LogP contribution in [0.4, 0.5) is 0 Å². The van der Waals surface area contributed by atoms with E-state index in [-0.39, 0.29) is 11.8 Å². The normalized spacial score (nSPS) is 26.8. The summed E-state index contributed by atoms with van der Waals surface area (Å²) in [5.74, 6) is -0.110. The van der Waals surface area contributed by atoms with E-state index in [1.165, 1.54) is 11.1 Å². The third-order valence-electron chi connectivity index (χ3n) is 3.05. The maximum Gasteiger partial charge on any atom is 0.259 e. The van der Waals surface area contributed by atoms with E-state index in [9.17, 15) is 9.90 Å². The predicted molar refractivity (Wildman–Crippen MR) is 44.5 cm³/mol. The van der Waals surface area contributed by atoms with Crippen molar-refractivity contribution in [3.63, 3.8) is 0 Å². The molecule has 2 bridgehead atoms. The van der Waals surface area contributed by atoms with E-state index >= 15 is 0 Å². The molecule has 3 aliphatic carbocycles. The van der Waals surface area contributed by atoms with Crippen LogP contribution in [0, 0.1) is 0 Å². The van der Waals surface area contributed by atoms with Crippen LogP contribution in [-0.2, 0) is 4.79 Å². The van der Waals surface area contributed by atoms with Crippen LogP contribution >= 0.6 is 0 Å². The van der Waals surface area contributed by atoms with Gasteiger partial charge in [-0.3, -0.25) is 10.1 Å². The molecule has 4 rings (SSSR count). The number of fused-ring (bicyclic) bond motifs is 6. The summed E-state index contributed by atoms with van der Waals surface area (Å²) in [6, 6.07) is 0. The fourth-order valence-electron chi connectivity index (χ4n) is 2.47. The van der Waals surface area contributed by atoms with Crippen molar-refractivity contribution in [3.8, 4) is 0 Å². The molecule has 2 N–H and O–H groups in total. The van der Waals surface area contributed by atoms with Crippen LogP contribution < -0.4 is 5.32 Å². The summed E-state index contributed by atoms with van der Waals surface area (Å²) in [6.45, 7) is 0. The van der Waals surface area contributed by atoms with Crippen LogP contribution in [0.15, 0.2) is 45.4 Å². The lowest BCUT2D eigenvalue weighted by molar-refractivity contribution is -0.116. The van der Waals surface area contributed by atoms with Gasteiger partial charge < -0.3 is 5.11 Å². The summed E-state index contributed by atoms with van der Waals surface area (Å²) < 4.78 is 0. The Morgan fingerprint density at radius 3 is 3.00 bits per heavy atom. The van der Waals surface area contributed by atoms with E-state index in [1.54, 1.807) is 0 Å². The number of rotatable bonds is 0. The third kappa shape index (κ3) is 0.428. The van der Waals surface area contributed by atoms with Gasteiger partial charge in [-0.15, -0.1) is 0 Å². The minimum atomic E-state index is -0.149. The number of allylic oxidation sites excluding steroid dienone is 5. The molecule has 0 aromatic rings. The molecule has 0 spiro atoms. The zero-order valence-corrected chi connectivity index (χ0v) is 6.64. The van der Waals surface area contributed by atoms with Crippen molar-refractivity contribution >= 4 is 5.91 Å². The van der Waals surface area contributed by atoms with Crippen molar-refractivity contribution in [2.75, 3.05) is 0 Å². The second-order valence-corrected chi connectivity index (χ2v) is 3.66. The number of hydrogen-bond acceptors (Lipinski definition) is 2. The smallest absolute Gasteiger partial charge is 0.259 e. The summed E-state index contributed by atoms with van der Waals surface area (Å²) in [5, 5.41) is 11.9. The van der Waals surface area contributed by atoms with Crippen LogP contribution in [-0.4, -0.2) is 11.0 Å². The van der Waals surface area contributed by atoms with Crippen molar-refractivity contribution < 1.29 is 9.90 Å². The van der Waals surface area contributed by atoms with E-state index < -0.39 is 0 Å². The highest BCUT2D eigenvalue weighted by Gasteiger charge is 2.48. The second kappa shape index (κ2) is 1.37. The van der Waals surface area contributed by atoms with Crippen LogP contribution in [0.1, 0.15) is 6.42 Å². The van der Waals surface area contributed by atoms with E-state index in [0.29, 0.717) is 5.57 Å². The zero-order chi connectivity index (χ0) is 8.74. The first kappa shape index (κ1) is 5.80. The van der Waals surface area contributed by atoms with Crippen molar-refractivity contribution in [2.24, 2.45) is 0 Å². The second-order valence-electron chi connectivity index (χ2n) is 3.66. The van der Waals surface area contributed by atoms with Gasteiger partial charge in [0.15, 0.2) is 5.88 Å². The number of amides is 1. The van der Waals surface area contributed by atoms with Gasteiger partial charge >= 0.3 is 0 Å². The summed E-state index contributed by atoms with van der Waals surface area (Å²) in [5.41, 5.74) is 6.19. The molecule has 1 aliphatic heterocycles. The first-order valence-electron chi connectivity index (χ1n) is 4.21. The highest BCUT2D eigenvalue weighted by molar-refractivity contribution is 6.10. The molecule has 0 aromatic heterocycles. The molecule has 0 saturated heterocycles. The fourth-order valence-corrected chi connectivity index (χ4v) is 2.47. The molecule has 0 atom stereocenters. The van der Waals surface area contributed by atoms with Gasteiger partial charge in [-0.25, -0.2) is 0 Å². The molecule has 0 radical (unpaired) electrons. The fraction of sp³-hybridized carbons (Fsp3) is 0.100. The van der Waals surface area contributed by atoms with E-state index in [1.807, 2.05) is 0 Å². The number of aliphatic hydroxyl groups excluding tert-OH is 1. The molecular weight excluding hydrogens is 166 g/mol. The Hall–Kier alpha value is -1.77. The zero-order valence-electron chi connectivity index (χ0n) is 6.64. The largest absolute Gasteiger partial charge is 0.494 e. The standard InChI is InChI=1S/C10H5NO2/c12-9-7-5-2-6(4-1-3(4)5)8(7)10(13)11-9/h1H,2H2,(H2,11,12,13). The number of carbonyl (C=O) groups excluding carboxylic acids is 1. The number of nitrogens with one attached hydrogen (secondary N) is 1. The summed E-state index contributed by atoms with van der Waals surface area (Å²) in [4.78, 5) is 11.4. The minimum Gasteiger partial charge on any atom is -0.494 e. The monoisotopic (exact) mass is 171 g/mol. The molecule has 0 aromatic carbocycles. The Bertz CT molecular complexity index is 529. The number of aliphatic hydroxyl groups is 1. The van der Waals surface area contributed by atoms with E-state index in [0.717, 1.165) is 23.1 Å².